The first-order valence-corrected chi connectivity index (χ1v) is 10.0. The molecule has 26 heavy (non-hydrogen) atoms. The van der Waals surface area contributed by atoms with Crippen LogP contribution in [0.5, 0.6) is 0 Å². The molecule has 0 unspecified atom stereocenters. The highest BCUT2D eigenvalue weighted by atomic mass is 32.3. The Kier molecular flexibility index (Phi) is 7.41. The summed E-state index contributed by atoms with van der Waals surface area (Å²) in [5.74, 6) is -0.537. The smallest absolute Gasteiger partial charge is 0.394 e. The number of rotatable bonds is 6. The number of hydrogen-bond acceptors (Lipinski definition) is 9. The maximum atomic E-state index is 10.8. The average Bonchev–Trinajstić information content (AvgIpc) is 2.60. The summed E-state index contributed by atoms with van der Waals surface area (Å²) in [7, 11) is -4.77. The fourth-order valence-corrected chi connectivity index (χ4v) is 3.85. The second-order valence-corrected chi connectivity index (χ2v) is 8.01. The lowest BCUT2D eigenvalue weighted by Crippen LogP contribution is -2.54. The van der Waals surface area contributed by atoms with Crippen LogP contribution in [0.1, 0.15) is 12.5 Å². The molecule has 0 spiro atoms. The normalized spacial score (nSPS) is 30.2. The summed E-state index contributed by atoms with van der Waals surface area (Å²) >= 11 is 0.979. The van der Waals surface area contributed by atoms with Crippen molar-refractivity contribution in [3.05, 3.63) is 35.9 Å². The van der Waals surface area contributed by atoms with Crippen molar-refractivity contribution in [2.24, 2.45) is 11.1 Å². The molecule has 1 saturated heterocycles. The van der Waals surface area contributed by atoms with Gasteiger partial charge in [-0.05, 0) is 5.56 Å². The van der Waals surface area contributed by atoms with E-state index in [1.54, 1.807) is 31.2 Å². The first-order chi connectivity index (χ1) is 12.2. The zero-order valence-electron chi connectivity index (χ0n) is 13.9. The quantitative estimate of drug-likeness (QED) is 0.224. The van der Waals surface area contributed by atoms with Gasteiger partial charge in [0.2, 0.25) is 0 Å². The number of hydrogen-bond donors (Lipinski definition) is 4. The SMILES string of the molecule is C[C@@H]1[C@@H](O)[C@H](O)[C@@H](CO)O[C@H]1S/C(Cc1ccccc1)=N/OS(=O)(=O)O. The fraction of sp³-hybridized carbons (Fsp3) is 0.533. The van der Waals surface area contributed by atoms with Crippen molar-refractivity contribution in [1.82, 2.24) is 0 Å². The summed E-state index contributed by atoms with van der Waals surface area (Å²) in [4.78, 5) is 0. The van der Waals surface area contributed by atoms with Crippen molar-refractivity contribution in [3.8, 4) is 0 Å². The predicted molar refractivity (Wildman–Crippen MR) is 94.7 cm³/mol. The van der Waals surface area contributed by atoms with E-state index in [0.717, 1.165) is 17.3 Å². The van der Waals surface area contributed by atoms with Crippen LogP contribution in [0.2, 0.25) is 0 Å². The Labute approximate surface area is 155 Å². The Morgan fingerprint density at radius 2 is 1.92 bits per heavy atom. The third-order valence-electron chi connectivity index (χ3n) is 3.87. The van der Waals surface area contributed by atoms with E-state index in [0.29, 0.717) is 0 Å². The van der Waals surface area contributed by atoms with Crippen LogP contribution in [0, 0.1) is 5.92 Å². The number of oxime groups is 1. The van der Waals surface area contributed by atoms with Crippen molar-refractivity contribution < 1.29 is 37.3 Å². The molecule has 0 aliphatic carbocycles. The number of nitrogens with zero attached hydrogens (tertiary/aromatic N) is 1. The minimum atomic E-state index is -4.77. The minimum absolute atomic E-state index is 0.172. The number of thioether (sulfide) groups is 1. The summed E-state index contributed by atoms with van der Waals surface area (Å²) < 4.78 is 40.1. The van der Waals surface area contributed by atoms with Crippen molar-refractivity contribution in [3.63, 3.8) is 0 Å². The van der Waals surface area contributed by atoms with E-state index >= 15 is 0 Å². The molecule has 9 nitrogen and oxygen atoms in total. The molecule has 1 aliphatic heterocycles. The molecule has 2 rings (SSSR count). The van der Waals surface area contributed by atoms with Gasteiger partial charge in [0.15, 0.2) is 0 Å². The Hall–Kier alpha value is -1.21. The summed E-state index contributed by atoms with van der Waals surface area (Å²) in [6, 6.07) is 9.00. The zero-order chi connectivity index (χ0) is 19.3. The molecule has 1 aliphatic rings. The van der Waals surface area contributed by atoms with Gasteiger partial charge in [-0.2, -0.15) is 8.42 Å². The number of aliphatic hydroxyl groups is 3. The van der Waals surface area contributed by atoms with Crippen LogP contribution in [0.15, 0.2) is 35.5 Å². The van der Waals surface area contributed by atoms with Gasteiger partial charge in [0.25, 0.3) is 0 Å². The van der Waals surface area contributed by atoms with Crippen molar-refractivity contribution in [2.75, 3.05) is 6.61 Å². The predicted octanol–water partition coefficient (Wildman–Crippen LogP) is 0.170. The highest BCUT2D eigenvalue weighted by Gasteiger charge is 2.42. The van der Waals surface area contributed by atoms with Gasteiger partial charge < -0.3 is 20.1 Å². The van der Waals surface area contributed by atoms with Crippen LogP contribution in [0.25, 0.3) is 0 Å². The van der Waals surface area contributed by atoms with Crippen molar-refractivity contribution in [2.45, 2.75) is 37.1 Å². The number of benzene rings is 1. The Bertz CT molecular complexity index is 710. The van der Waals surface area contributed by atoms with Gasteiger partial charge >= 0.3 is 10.4 Å². The molecule has 146 valence electrons. The largest absolute Gasteiger partial charge is 0.466 e. The van der Waals surface area contributed by atoms with Crippen LogP contribution in [0.4, 0.5) is 0 Å². The van der Waals surface area contributed by atoms with Crippen LogP contribution in [0.3, 0.4) is 0 Å². The summed E-state index contributed by atoms with van der Waals surface area (Å²) in [6.07, 6.45) is -3.18. The lowest BCUT2D eigenvalue weighted by atomic mass is 9.94. The monoisotopic (exact) mass is 407 g/mol. The van der Waals surface area contributed by atoms with E-state index in [1.807, 2.05) is 6.07 Å². The van der Waals surface area contributed by atoms with Gasteiger partial charge in [0.05, 0.1) is 12.7 Å². The molecule has 1 aromatic carbocycles. The molecule has 0 amide bonds. The van der Waals surface area contributed by atoms with Crippen molar-refractivity contribution >= 4 is 27.2 Å². The molecule has 1 aromatic rings. The minimum Gasteiger partial charge on any atom is -0.394 e. The molecular formula is C15H21NO8S2. The van der Waals surface area contributed by atoms with Crippen LogP contribution < -0.4 is 0 Å². The van der Waals surface area contributed by atoms with E-state index in [4.69, 9.17) is 9.29 Å². The standard InChI is InChI=1S/C15H21NO8S2/c1-9-13(18)14(19)11(8-17)23-15(9)25-12(16-24-26(20,21)22)7-10-5-3-2-4-6-10/h2-6,9,11,13-15,17-19H,7-8H2,1H3,(H,20,21,22)/b16-12+/t9-,11-,13-,14-,15+/m1/s1. The number of ether oxygens (including phenoxy) is 1. The van der Waals surface area contributed by atoms with E-state index in [9.17, 15) is 23.7 Å². The Balaban J connectivity index is 2.19. The maximum absolute atomic E-state index is 10.8. The fourth-order valence-electron chi connectivity index (χ4n) is 2.44. The Morgan fingerprint density at radius 1 is 1.27 bits per heavy atom. The summed E-state index contributed by atoms with van der Waals surface area (Å²) in [5, 5.41) is 32.9. The first kappa shape index (κ1) is 21.1. The van der Waals surface area contributed by atoms with Crippen LogP contribution in [-0.2, 0) is 25.8 Å². The highest BCUT2D eigenvalue weighted by molar-refractivity contribution is 8.14. The third-order valence-corrected chi connectivity index (χ3v) is 5.40. The number of aliphatic hydroxyl groups excluding tert-OH is 3. The van der Waals surface area contributed by atoms with E-state index in [-0.39, 0.29) is 11.5 Å². The van der Waals surface area contributed by atoms with E-state index < -0.39 is 46.7 Å². The lowest BCUT2D eigenvalue weighted by Gasteiger charge is -2.40. The van der Waals surface area contributed by atoms with Crippen LogP contribution in [-0.4, -0.2) is 63.7 Å². The molecule has 0 radical (unpaired) electrons. The average molecular weight is 407 g/mol. The first-order valence-electron chi connectivity index (χ1n) is 7.77. The zero-order valence-corrected chi connectivity index (χ0v) is 15.5. The topological polar surface area (TPSA) is 146 Å². The molecule has 0 aromatic heterocycles. The molecule has 0 bridgehead atoms. The summed E-state index contributed by atoms with van der Waals surface area (Å²) in [6.45, 7) is 1.15. The maximum Gasteiger partial charge on any atom is 0.466 e. The second kappa shape index (κ2) is 9.13. The lowest BCUT2D eigenvalue weighted by molar-refractivity contribution is -0.181. The second-order valence-electron chi connectivity index (χ2n) is 5.83. The van der Waals surface area contributed by atoms with Crippen molar-refractivity contribution in [1.29, 1.82) is 0 Å². The summed E-state index contributed by atoms with van der Waals surface area (Å²) in [5.41, 5.74) is 0.0819. The van der Waals surface area contributed by atoms with Gasteiger partial charge in [-0.25, -0.2) is 4.28 Å². The molecule has 4 N–H and O–H groups in total. The third kappa shape index (κ3) is 5.91. The molecular weight excluding hydrogens is 386 g/mol. The van der Waals surface area contributed by atoms with Gasteiger partial charge in [-0.3, -0.25) is 4.55 Å². The van der Waals surface area contributed by atoms with Gasteiger partial charge in [-0.15, -0.1) is 0 Å². The van der Waals surface area contributed by atoms with Gasteiger partial charge in [0, 0.05) is 12.3 Å². The van der Waals surface area contributed by atoms with E-state index in [2.05, 4.69) is 9.44 Å². The molecule has 5 atom stereocenters. The van der Waals surface area contributed by atoms with E-state index in [1.165, 1.54) is 0 Å². The van der Waals surface area contributed by atoms with Crippen LogP contribution >= 0.6 is 11.8 Å². The highest BCUT2D eigenvalue weighted by Crippen LogP contribution is 2.34. The molecule has 1 heterocycles. The van der Waals surface area contributed by atoms with Gasteiger partial charge in [0.1, 0.15) is 22.7 Å². The Morgan fingerprint density at radius 3 is 2.50 bits per heavy atom. The molecule has 11 heteroatoms. The van der Waals surface area contributed by atoms with Gasteiger partial charge in [-0.1, -0.05) is 54.2 Å². The molecule has 1 fully saturated rings. The molecule has 0 saturated carbocycles.